The molecule has 0 aromatic heterocycles. The van der Waals surface area contributed by atoms with Gasteiger partial charge in [0.1, 0.15) is 0 Å². The summed E-state index contributed by atoms with van der Waals surface area (Å²) < 4.78 is 0. The van der Waals surface area contributed by atoms with E-state index in [0.29, 0.717) is 5.92 Å². The molecule has 2 N–H and O–H groups in total. The predicted molar refractivity (Wildman–Crippen MR) is 73.0 cm³/mol. The van der Waals surface area contributed by atoms with E-state index in [1.165, 1.54) is 24.9 Å². The Morgan fingerprint density at radius 3 is 2.47 bits per heavy atom. The van der Waals surface area contributed by atoms with Crippen LogP contribution in [0, 0.1) is 5.92 Å². The van der Waals surface area contributed by atoms with E-state index in [-0.39, 0.29) is 5.54 Å². The zero-order valence-corrected chi connectivity index (χ0v) is 11.0. The van der Waals surface area contributed by atoms with Crippen LogP contribution in [0.1, 0.15) is 25.8 Å². The fourth-order valence-corrected chi connectivity index (χ4v) is 2.46. The van der Waals surface area contributed by atoms with Crippen molar-refractivity contribution in [2.45, 2.75) is 32.2 Å². The van der Waals surface area contributed by atoms with Crippen molar-refractivity contribution in [3.05, 3.63) is 35.9 Å². The second-order valence-electron chi connectivity index (χ2n) is 5.69. The molecule has 0 bridgehead atoms. The normalized spacial score (nSPS) is 19.3. The lowest BCUT2D eigenvalue weighted by atomic mass is 9.80. The van der Waals surface area contributed by atoms with Crippen molar-refractivity contribution in [3.8, 4) is 0 Å². The first-order valence-electron chi connectivity index (χ1n) is 6.65. The van der Waals surface area contributed by atoms with Crippen LogP contribution in [0.15, 0.2) is 30.3 Å². The maximum Gasteiger partial charge on any atom is 0.0435 e. The van der Waals surface area contributed by atoms with Gasteiger partial charge < -0.3 is 5.73 Å². The molecule has 0 radical (unpaired) electrons. The van der Waals surface area contributed by atoms with Gasteiger partial charge in [-0.15, -0.1) is 0 Å². The van der Waals surface area contributed by atoms with Gasteiger partial charge in [-0.2, -0.15) is 0 Å². The van der Waals surface area contributed by atoms with Crippen LogP contribution in [-0.2, 0) is 6.42 Å². The Balaban J connectivity index is 1.66. The largest absolute Gasteiger partial charge is 0.323 e. The molecular formula is C15H24N2. The van der Waals surface area contributed by atoms with Crippen molar-refractivity contribution in [2.75, 3.05) is 19.6 Å². The molecule has 94 valence electrons. The molecule has 0 unspecified atom stereocenters. The van der Waals surface area contributed by atoms with Gasteiger partial charge in [0.25, 0.3) is 0 Å². The third kappa shape index (κ3) is 3.08. The van der Waals surface area contributed by atoms with Gasteiger partial charge in [0.15, 0.2) is 0 Å². The number of likely N-dealkylation sites (tertiary alicyclic amines) is 1. The number of rotatable bonds is 5. The monoisotopic (exact) mass is 232 g/mol. The highest BCUT2D eigenvalue weighted by atomic mass is 15.2. The second-order valence-corrected chi connectivity index (χ2v) is 5.69. The minimum absolute atomic E-state index is 0.0761. The standard InChI is InChI=1S/C15H24N2/c1-13(2)15(16)11-17(12-15)10-6-9-14-7-4-3-5-8-14/h3-5,7-8,13H,6,9-12,16H2,1-2H3. The number of hydrogen-bond donors (Lipinski definition) is 1. The van der Waals surface area contributed by atoms with Gasteiger partial charge in [-0.05, 0) is 30.9 Å². The van der Waals surface area contributed by atoms with Gasteiger partial charge in [0, 0.05) is 18.6 Å². The molecule has 0 saturated carbocycles. The predicted octanol–water partition coefficient (Wildman–Crippen LogP) is 2.29. The van der Waals surface area contributed by atoms with E-state index in [1.807, 2.05) is 0 Å². The molecule has 0 atom stereocenters. The van der Waals surface area contributed by atoms with Gasteiger partial charge in [-0.25, -0.2) is 0 Å². The average Bonchev–Trinajstić information content (AvgIpc) is 2.27. The van der Waals surface area contributed by atoms with Crippen molar-refractivity contribution < 1.29 is 0 Å². The first kappa shape index (κ1) is 12.6. The number of benzene rings is 1. The highest BCUT2D eigenvalue weighted by Crippen LogP contribution is 2.26. The maximum absolute atomic E-state index is 6.28. The van der Waals surface area contributed by atoms with Crippen LogP contribution in [0.5, 0.6) is 0 Å². The second kappa shape index (κ2) is 5.19. The van der Waals surface area contributed by atoms with Crippen LogP contribution in [0.4, 0.5) is 0 Å². The summed E-state index contributed by atoms with van der Waals surface area (Å²) in [5.74, 6) is 0.591. The minimum atomic E-state index is 0.0761. The Labute approximate surface area is 105 Å². The van der Waals surface area contributed by atoms with Gasteiger partial charge in [0.05, 0.1) is 0 Å². The smallest absolute Gasteiger partial charge is 0.0435 e. The Morgan fingerprint density at radius 2 is 1.88 bits per heavy atom. The van der Waals surface area contributed by atoms with Crippen molar-refractivity contribution in [3.63, 3.8) is 0 Å². The lowest BCUT2D eigenvalue weighted by Gasteiger charge is -2.50. The number of nitrogens with zero attached hydrogens (tertiary/aromatic N) is 1. The highest BCUT2D eigenvalue weighted by molar-refractivity contribution is 5.14. The highest BCUT2D eigenvalue weighted by Gasteiger charge is 2.41. The summed E-state index contributed by atoms with van der Waals surface area (Å²) in [5.41, 5.74) is 7.79. The van der Waals surface area contributed by atoms with E-state index in [9.17, 15) is 0 Å². The molecule has 2 nitrogen and oxygen atoms in total. The van der Waals surface area contributed by atoms with Gasteiger partial charge >= 0.3 is 0 Å². The fraction of sp³-hybridized carbons (Fsp3) is 0.600. The SMILES string of the molecule is CC(C)C1(N)CN(CCCc2ccccc2)C1. The van der Waals surface area contributed by atoms with E-state index in [0.717, 1.165) is 13.1 Å². The summed E-state index contributed by atoms with van der Waals surface area (Å²) in [5, 5.41) is 0. The molecule has 1 aliphatic rings. The number of hydrogen-bond acceptors (Lipinski definition) is 2. The van der Waals surface area contributed by atoms with Crippen molar-refractivity contribution in [2.24, 2.45) is 11.7 Å². The van der Waals surface area contributed by atoms with Crippen LogP contribution < -0.4 is 5.73 Å². The summed E-state index contributed by atoms with van der Waals surface area (Å²) >= 11 is 0. The van der Waals surface area contributed by atoms with Gasteiger partial charge in [-0.3, -0.25) is 4.90 Å². The van der Waals surface area contributed by atoms with Crippen LogP contribution in [0.3, 0.4) is 0 Å². The summed E-state index contributed by atoms with van der Waals surface area (Å²) in [6.45, 7) is 7.77. The summed E-state index contributed by atoms with van der Waals surface area (Å²) in [7, 11) is 0. The average molecular weight is 232 g/mol. The summed E-state index contributed by atoms with van der Waals surface area (Å²) in [4.78, 5) is 2.48. The van der Waals surface area contributed by atoms with E-state index in [4.69, 9.17) is 5.73 Å². The lowest BCUT2D eigenvalue weighted by molar-refractivity contribution is 0.0372. The zero-order valence-electron chi connectivity index (χ0n) is 11.0. The number of aryl methyl sites for hydroxylation is 1. The number of nitrogens with two attached hydrogens (primary N) is 1. The molecule has 2 heteroatoms. The molecular weight excluding hydrogens is 208 g/mol. The van der Waals surface area contributed by atoms with Crippen LogP contribution in [0.25, 0.3) is 0 Å². The fourth-order valence-electron chi connectivity index (χ4n) is 2.46. The molecule has 0 spiro atoms. The quantitative estimate of drug-likeness (QED) is 0.844. The summed E-state index contributed by atoms with van der Waals surface area (Å²) in [6, 6.07) is 10.7. The minimum Gasteiger partial charge on any atom is -0.323 e. The molecule has 0 amide bonds. The Kier molecular flexibility index (Phi) is 3.85. The van der Waals surface area contributed by atoms with Gasteiger partial charge in [-0.1, -0.05) is 44.2 Å². The Morgan fingerprint density at radius 1 is 1.24 bits per heavy atom. The molecule has 1 fully saturated rings. The topological polar surface area (TPSA) is 29.3 Å². The molecule has 1 saturated heterocycles. The Hall–Kier alpha value is -0.860. The van der Waals surface area contributed by atoms with Crippen molar-refractivity contribution in [1.82, 2.24) is 4.90 Å². The van der Waals surface area contributed by atoms with Crippen LogP contribution in [-0.4, -0.2) is 30.1 Å². The molecule has 1 aliphatic heterocycles. The first-order valence-corrected chi connectivity index (χ1v) is 6.65. The van der Waals surface area contributed by atoms with E-state index in [1.54, 1.807) is 0 Å². The maximum atomic E-state index is 6.28. The van der Waals surface area contributed by atoms with Crippen molar-refractivity contribution in [1.29, 1.82) is 0 Å². The zero-order chi connectivity index (χ0) is 12.3. The molecule has 1 aromatic rings. The van der Waals surface area contributed by atoms with Gasteiger partial charge in [0.2, 0.25) is 0 Å². The van der Waals surface area contributed by atoms with Crippen molar-refractivity contribution >= 4 is 0 Å². The molecule has 1 aromatic carbocycles. The van der Waals surface area contributed by atoms with E-state index < -0.39 is 0 Å². The molecule has 17 heavy (non-hydrogen) atoms. The first-order chi connectivity index (χ1) is 8.10. The molecule has 0 aliphatic carbocycles. The third-order valence-electron chi connectivity index (χ3n) is 3.97. The Bertz CT molecular complexity index is 339. The van der Waals surface area contributed by atoms with Crippen LogP contribution >= 0.6 is 0 Å². The molecule has 1 heterocycles. The van der Waals surface area contributed by atoms with E-state index >= 15 is 0 Å². The summed E-state index contributed by atoms with van der Waals surface area (Å²) in [6.07, 6.45) is 2.41. The van der Waals surface area contributed by atoms with Crippen LogP contribution in [0.2, 0.25) is 0 Å². The van der Waals surface area contributed by atoms with E-state index in [2.05, 4.69) is 49.1 Å². The molecule has 2 rings (SSSR count). The lowest BCUT2D eigenvalue weighted by Crippen LogP contribution is -2.69. The third-order valence-corrected chi connectivity index (χ3v) is 3.97.